The van der Waals surface area contributed by atoms with Crippen molar-refractivity contribution < 1.29 is 4.79 Å². The molecule has 7 heteroatoms. The fourth-order valence-corrected chi connectivity index (χ4v) is 4.71. The largest absolute Gasteiger partial charge is 0.352 e. The van der Waals surface area contributed by atoms with E-state index in [4.69, 9.17) is 0 Å². The van der Waals surface area contributed by atoms with Crippen molar-refractivity contribution in [3.05, 3.63) is 102 Å². The zero-order valence-corrected chi connectivity index (χ0v) is 20.9. The van der Waals surface area contributed by atoms with Gasteiger partial charge in [0.1, 0.15) is 5.56 Å². The van der Waals surface area contributed by atoms with Crippen LogP contribution >= 0.6 is 0 Å². The summed E-state index contributed by atoms with van der Waals surface area (Å²) in [5, 5.41) is 7.67. The Kier molecular flexibility index (Phi) is 7.59. The quantitative estimate of drug-likeness (QED) is 0.368. The SMILES string of the molecule is Cc1ccc(-n2ncc(C(=O)NCCCN3CCN(Cc4ccccc4)CC3)c2-n2cccc2)cc1. The first-order chi connectivity index (χ1) is 17.7. The van der Waals surface area contributed by atoms with E-state index in [1.165, 1.54) is 11.1 Å². The monoisotopic (exact) mass is 482 g/mol. The van der Waals surface area contributed by atoms with Gasteiger partial charge in [-0.05, 0) is 49.7 Å². The van der Waals surface area contributed by atoms with E-state index in [-0.39, 0.29) is 5.91 Å². The fourth-order valence-electron chi connectivity index (χ4n) is 4.71. The minimum Gasteiger partial charge on any atom is -0.352 e. The van der Waals surface area contributed by atoms with E-state index < -0.39 is 0 Å². The van der Waals surface area contributed by atoms with Crippen LogP contribution in [0, 0.1) is 6.92 Å². The molecule has 36 heavy (non-hydrogen) atoms. The van der Waals surface area contributed by atoms with Gasteiger partial charge in [0.2, 0.25) is 0 Å². The van der Waals surface area contributed by atoms with Gasteiger partial charge < -0.3 is 14.8 Å². The van der Waals surface area contributed by atoms with Crippen LogP contribution < -0.4 is 5.32 Å². The summed E-state index contributed by atoms with van der Waals surface area (Å²) in [6, 6.07) is 22.7. The first-order valence-electron chi connectivity index (χ1n) is 12.7. The minimum absolute atomic E-state index is 0.0928. The number of amides is 1. The van der Waals surface area contributed by atoms with Gasteiger partial charge in [-0.15, -0.1) is 0 Å². The maximum Gasteiger partial charge on any atom is 0.256 e. The summed E-state index contributed by atoms with van der Waals surface area (Å²) < 4.78 is 3.76. The van der Waals surface area contributed by atoms with Gasteiger partial charge >= 0.3 is 0 Å². The molecule has 186 valence electrons. The molecular weight excluding hydrogens is 448 g/mol. The average molecular weight is 483 g/mol. The summed E-state index contributed by atoms with van der Waals surface area (Å²) in [5.41, 5.74) is 4.05. The number of piperazine rings is 1. The molecule has 1 amide bonds. The first kappa shape index (κ1) is 24.0. The molecule has 0 saturated carbocycles. The molecule has 0 spiro atoms. The van der Waals surface area contributed by atoms with Gasteiger partial charge in [-0.3, -0.25) is 9.69 Å². The number of carbonyl (C=O) groups excluding carboxylic acids is 1. The van der Waals surface area contributed by atoms with Crippen LogP contribution in [0.2, 0.25) is 0 Å². The van der Waals surface area contributed by atoms with Gasteiger partial charge in [0.05, 0.1) is 11.9 Å². The van der Waals surface area contributed by atoms with Crippen molar-refractivity contribution in [3.8, 4) is 11.5 Å². The summed E-state index contributed by atoms with van der Waals surface area (Å²) in [4.78, 5) is 18.1. The maximum absolute atomic E-state index is 13.1. The van der Waals surface area contributed by atoms with Crippen LogP contribution in [0.25, 0.3) is 11.5 Å². The Balaban J connectivity index is 1.13. The Hall–Kier alpha value is -3.68. The summed E-state index contributed by atoms with van der Waals surface area (Å²) in [6.07, 6.45) is 6.47. The summed E-state index contributed by atoms with van der Waals surface area (Å²) in [5.74, 6) is 0.653. The molecule has 1 saturated heterocycles. The maximum atomic E-state index is 13.1. The molecule has 1 aliphatic heterocycles. The van der Waals surface area contributed by atoms with Gasteiger partial charge in [0.15, 0.2) is 5.82 Å². The molecule has 5 rings (SSSR count). The number of carbonyl (C=O) groups is 1. The number of aromatic nitrogens is 3. The van der Waals surface area contributed by atoms with E-state index in [1.807, 2.05) is 45.9 Å². The van der Waals surface area contributed by atoms with Gasteiger partial charge in [-0.2, -0.15) is 5.10 Å². The molecule has 2 aromatic carbocycles. The van der Waals surface area contributed by atoms with Crippen LogP contribution in [0.4, 0.5) is 0 Å². The van der Waals surface area contributed by atoms with Crippen molar-refractivity contribution in [1.29, 1.82) is 0 Å². The molecule has 1 aliphatic rings. The van der Waals surface area contributed by atoms with Crippen molar-refractivity contribution in [2.24, 2.45) is 0 Å². The number of rotatable bonds is 9. The van der Waals surface area contributed by atoms with Crippen LogP contribution in [0.15, 0.2) is 85.3 Å². The third-order valence-corrected chi connectivity index (χ3v) is 6.77. The van der Waals surface area contributed by atoms with Crippen LogP contribution in [0.1, 0.15) is 27.9 Å². The molecule has 1 N–H and O–H groups in total. The third-order valence-electron chi connectivity index (χ3n) is 6.77. The van der Waals surface area contributed by atoms with Crippen LogP contribution in [0.5, 0.6) is 0 Å². The van der Waals surface area contributed by atoms with Crippen LogP contribution in [-0.2, 0) is 6.54 Å². The van der Waals surface area contributed by atoms with E-state index in [0.717, 1.165) is 57.2 Å². The number of benzene rings is 2. The number of hydrogen-bond acceptors (Lipinski definition) is 4. The highest BCUT2D eigenvalue weighted by molar-refractivity contribution is 5.97. The Bertz CT molecular complexity index is 1240. The lowest BCUT2D eigenvalue weighted by Gasteiger charge is -2.34. The fraction of sp³-hybridized carbons (Fsp3) is 0.310. The topological polar surface area (TPSA) is 58.3 Å². The summed E-state index contributed by atoms with van der Waals surface area (Å²) in [6.45, 7) is 9.02. The zero-order valence-electron chi connectivity index (χ0n) is 20.9. The Morgan fingerprint density at radius 1 is 0.889 bits per heavy atom. The van der Waals surface area contributed by atoms with E-state index in [9.17, 15) is 4.79 Å². The third kappa shape index (κ3) is 5.75. The van der Waals surface area contributed by atoms with E-state index in [0.29, 0.717) is 12.1 Å². The Labute approximate surface area is 213 Å². The van der Waals surface area contributed by atoms with Crippen LogP contribution in [0.3, 0.4) is 0 Å². The van der Waals surface area contributed by atoms with Crippen molar-refractivity contribution in [2.75, 3.05) is 39.3 Å². The van der Waals surface area contributed by atoms with E-state index >= 15 is 0 Å². The van der Waals surface area contributed by atoms with E-state index in [1.54, 1.807) is 6.20 Å². The second kappa shape index (κ2) is 11.4. The highest BCUT2D eigenvalue weighted by Crippen LogP contribution is 2.20. The Morgan fingerprint density at radius 3 is 2.31 bits per heavy atom. The zero-order chi connectivity index (χ0) is 24.7. The average Bonchev–Trinajstić information content (AvgIpc) is 3.59. The molecular formula is C29H34N6O. The van der Waals surface area contributed by atoms with Crippen LogP contribution in [-0.4, -0.2) is 69.3 Å². The van der Waals surface area contributed by atoms with Gasteiger partial charge in [0.25, 0.3) is 5.91 Å². The molecule has 0 unspecified atom stereocenters. The second-order valence-corrected chi connectivity index (χ2v) is 9.43. The van der Waals surface area contributed by atoms with Crippen molar-refractivity contribution in [1.82, 2.24) is 29.5 Å². The molecule has 0 radical (unpaired) electrons. The Morgan fingerprint density at radius 2 is 1.58 bits per heavy atom. The van der Waals surface area contributed by atoms with Crippen molar-refractivity contribution >= 4 is 5.91 Å². The smallest absolute Gasteiger partial charge is 0.256 e. The molecule has 3 heterocycles. The number of nitrogens with zero attached hydrogens (tertiary/aromatic N) is 5. The summed E-state index contributed by atoms with van der Waals surface area (Å²) in [7, 11) is 0. The molecule has 0 atom stereocenters. The predicted octanol–water partition coefficient (Wildman–Crippen LogP) is 3.91. The molecule has 7 nitrogen and oxygen atoms in total. The van der Waals surface area contributed by atoms with Crippen molar-refractivity contribution in [2.45, 2.75) is 19.9 Å². The lowest BCUT2D eigenvalue weighted by Crippen LogP contribution is -2.46. The van der Waals surface area contributed by atoms with Gasteiger partial charge in [-0.25, -0.2) is 4.68 Å². The first-order valence-corrected chi connectivity index (χ1v) is 12.7. The highest BCUT2D eigenvalue weighted by Gasteiger charge is 2.20. The molecule has 2 aromatic heterocycles. The van der Waals surface area contributed by atoms with Gasteiger partial charge in [-0.1, -0.05) is 48.0 Å². The lowest BCUT2D eigenvalue weighted by atomic mass is 10.2. The number of nitrogens with one attached hydrogen (secondary N) is 1. The standard InChI is InChI=1S/C29H34N6O/c1-24-10-12-26(13-11-24)35-29(34-16-5-6-17-34)27(22-31-35)28(36)30-14-7-15-32-18-20-33(21-19-32)23-25-8-3-2-4-9-25/h2-6,8-13,16-17,22H,7,14-15,18-21,23H2,1H3,(H,30,36). The minimum atomic E-state index is -0.0928. The lowest BCUT2D eigenvalue weighted by molar-refractivity contribution is 0.0947. The molecule has 1 fully saturated rings. The number of hydrogen-bond donors (Lipinski definition) is 1. The number of aryl methyl sites for hydroxylation is 1. The van der Waals surface area contributed by atoms with E-state index in [2.05, 4.69) is 69.6 Å². The molecule has 0 aliphatic carbocycles. The summed E-state index contributed by atoms with van der Waals surface area (Å²) >= 11 is 0. The molecule has 0 bridgehead atoms. The van der Waals surface area contributed by atoms with Gasteiger partial charge in [0, 0.05) is 51.7 Å². The molecule has 4 aromatic rings. The predicted molar refractivity (Wildman–Crippen MR) is 143 cm³/mol. The normalized spacial score (nSPS) is 14.7. The van der Waals surface area contributed by atoms with Crippen molar-refractivity contribution in [3.63, 3.8) is 0 Å². The second-order valence-electron chi connectivity index (χ2n) is 9.43. The highest BCUT2D eigenvalue weighted by atomic mass is 16.1.